The molecule has 1 N–H and O–H groups in total. The minimum atomic E-state index is -0.461. The van der Waals surface area contributed by atoms with Crippen molar-refractivity contribution >= 4 is 11.6 Å². The van der Waals surface area contributed by atoms with Crippen LogP contribution < -0.4 is 5.32 Å². The lowest BCUT2D eigenvalue weighted by Crippen LogP contribution is -2.05. The Morgan fingerprint density at radius 2 is 2.11 bits per heavy atom. The van der Waals surface area contributed by atoms with Crippen molar-refractivity contribution in [2.75, 3.05) is 11.9 Å². The largest absolute Gasteiger partial charge is 0.354 e. The fourth-order valence-electron chi connectivity index (χ4n) is 1.79. The smallest absolute Gasteiger partial charge is 0.313 e. The predicted molar refractivity (Wildman–Crippen MR) is 73.0 cm³/mol. The Morgan fingerprint density at radius 1 is 1.37 bits per heavy atom. The average Bonchev–Trinajstić information content (AvgIpc) is 2.39. The zero-order chi connectivity index (χ0) is 13.8. The van der Waals surface area contributed by atoms with Gasteiger partial charge < -0.3 is 5.32 Å². The molecule has 0 bridgehead atoms. The highest BCUT2D eigenvalue weighted by Gasteiger charge is 2.19. The molecule has 2 rings (SSSR count). The molecule has 1 aromatic heterocycles. The molecule has 6 nitrogen and oxygen atoms in total. The molecule has 6 heteroatoms. The molecule has 0 radical (unpaired) electrons. The Hall–Kier alpha value is -2.50. The van der Waals surface area contributed by atoms with Gasteiger partial charge >= 0.3 is 5.69 Å². The van der Waals surface area contributed by atoms with Crippen molar-refractivity contribution in [3.05, 3.63) is 46.1 Å². The number of hydrogen-bond acceptors (Lipinski definition) is 5. The van der Waals surface area contributed by atoms with Crippen LogP contribution in [0, 0.1) is 17.0 Å². The van der Waals surface area contributed by atoms with E-state index in [-0.39, 0.29) is 5.69 Å². The third-order valence-electron chi connectivity index (χ3n) is 2.70. The number of anilines is 1. The van der Waals surface area contributed by atoms with E-state index in [4.69, 9.17) is 0 Å². The summed E-state index contributed by atoms with van der Waals surface area (Å²) in [6, 6.07) is 7.44. The van der Waals surface area contributed by atoms with Crippen molar-refractivity contribution in [1.29, 1.82) is 0 Å². The normalized spacial score (nSPS) is 10.2. The third-order valence-corrected chi connectivity index (χ3v) is 2.70. The molecule has 0 aliphatic carbocycles. The van der Waals surface area contributed by atoms with E-state index in [9.17, 15) is 10.1 Å². The first-order valence-corrected chi connectivity index (χ1v) is 5.94. The summed E-state index contributed by atoms with van der Waals surface area (Å²) in [6.07, 6.45) is 1.24. The predicted octanol–water partition coefficient (Wildman–Crippen LogP) is 2.79. The van der Waals surface area contributed by atoms with Gasteiger partial charge in [-0.25, -0.2) is 9.97 Å². The Balaban J connectivity index is 2.61. The first-order chi connectivity index (χ1) is 9.13. The zero-order valence-electron chi connectivity index (χ0n) is 10.8. The molecule has 0 aliphatic rings. The molecule has 0 saturated heterocycles. The topological polar surface area (TPSA) is 81.0 Å². The van der Waals surface area contributed by atoms with Crippen molar-refractivity contribution in [3.63, 3.8) is 0 Å². The number of rotatable bonds is 4. The van der Waals surface area contributed by atoms with E-state index >= 15 is 0 Å². The van der Waals surface area contributed by atoms with Gasteiger partial charge in [-0.2, -0.15) is 0 Å². The van der Waals surface area contributed by atoms with Crippen LogP contribution in [0.5, 0.6) is 0 Å². The standard InChI is InChI=1S/C13H14N4O2/c1-3-14-13-15-8-11(17(18)19)12(16-13)10-7-5-4-6-9(10)2/h4-8H,3H2,1-2H3,(H,14,15,16). The molecule has 1 aromatic carbocycles. The Kier molecular flexibility index (Phi) is 3.70. The summed E-state index contributed by atoms with van der Waals surface area (Å²) < 4.78 is 0. The van der Waals surface area contributed by atoms with Gasteiger partial charge in [-0.3, -0.25) is 10.1 Å². The second kappa shape index (κ2) is 5.43. The molecule has 2 aromatic rings. The van der Waals surface area contributed by atoms with Gasteiger partial charge in [0.1, 0.15) is 6.20 Å². The molecule has 98 valence electrons. The monoisotopic (exact) mass is 258 g/mol. The zero-order valence-corrected chi connectivity index (χ0v) is 10.8. The fraction of sp³-hybridized carbons (Fsp3) is 0.231. The number of aryl methyl sites for hydroxylation is 1. The molecule has 0 spiro atoms. The molecular formula is C13H14N4O2. The molecule has 0 unspecified atom stereocenters. The number of benzene rings is 1. The second-order valence-electron chi connectivity index (χ2n) is 4.03. The Bertz CT molecular complexity index is 613. The number of nitro groups is 1. The number of nitrogens with one attached hydrogen (secondary N) is 1. The molecule has 0 fully saturated rings. The lowest BCUT2D eigenvalue weighted by molar-refractivity contribution is -0.384. The van der Waals surface area contributed by atoms with Gasteiger partial charge in [-0.05, 0) is 19.4 Å². The van der Waals surface area contributed by atoms with Crippen molar-refractivity contribution in [2.24, 2.45) is 0 Å². The maximum atomic E-state index is 11.1. The van der Waals surface area contributed by atoms with Gasteiger partial charge in [0.15, 0.2) is 5.69 Å². The Labute approximate surface area is 110 Å². The van der Waals surface area contributed by atoms with E-state index in [0.717, 1.165) is 11.1 Å². The van der Waals surface area contributed by atoms with Crippen molar-refractivity contribution in [2.45, 2.75) is 13.8 Å². The molecule has 0 aliphatic heterocycles. The number of aromatic nitrogens is 2. The number of nitrogens with zero attached hydrogens (tertiary/aromatic N) is 3. The summed E-state index contributed by atoms with van der Waals surface area (Å²) in [4.78, 5) is 18.8. The first-order valence-electron chi connectivity index (χ1n) is 5.94. The van der Waals surface area contributed by atoms with Crippen LogP contribution in [0.3, 0.4) is 0 Å². The van der Waals surface area contributed by atoms with E-state index in [1.165, 1.54) is 6.20 Å². The lowest BCUT2D eigenvalue weighted by Gasteiger charge is -2.07. The highest BCUT2D eigenvalue weighted by molar-refractivity contribution is 5.72. The van der Waals surface area contributed by atoms with E-state index in [0.29, 0.717) is 18.2 Å². The SMILES string of the molecule is CCNc1ncc([N+](=O)[O-])c(-c2ccccc2C)n1. The van der Waals surface area contributed by atoms with Gasteiger partial charge in [0, 0.05) is 12.1 Å². The second-order valence-corrected chi connectivity index (χ2v) is 4.03. The van der Waals surface area contributed by atoms with Gasteiger partial charge in [-0.1, -0.05) is 24.3 Å². The lowest BCUT2D eigenvalue weighted by atomic mass is 10.0. The van der Waals surface area contributed by atoms with Crippen molar-refractivity contribution < 1.29 is 4.92 Å². The molecule has 19 heavy (non-hydrogen) atoms. The first kappa shape index (κ1) is 12.9. The average molecular weight is 258 g/mol. The highest BCUT2D eigenvalue weighted by Crippen LogP contribution is 2.30. The molecule has 0 atom stereocenters. The number of hydrogen-bond donors (Lipinski definition) is 1. The van der Waals surface area contributed by atoms with Gasteiger partial charge in [0.2, 0.25) is 5.95 Å². The molecular weight excluding hydrogens is 244 g/mol. The summed E-state index contributed by atoms with van der Waals surface area (Å²) >= 11 is 0. The Morgan fingerprint density at radius 3 is 2.74 bits per heavy atom. The van der Waals surface area contributed by atoms with Crippen molar-refractivity contribution in [3.8, 4) is 11.3 Å². The summed E-state index contributed by atoms with van der Waals surface area (Å²) in [7, 11) is 0. The summed E-state index contributed by atoms with van der Waals surface area (Å²) in [5, 5.41) is 14.0. The van der Waals surface area contributed by atoms with Crippen LogP contribution in [-0.2, 0) is 0 Å². The van der Waals surface area contributed by atoms with Crippen LogP contribution >= 0.6 is 0 Å². The molecule has 1 heterocycles. The van der Waals surface area contributed by atoms with Crippen LogP contribution in [0.25, 0.3) is 11.3 Å². The maximum Gasteiger partial charge on any atom is 0.313 e. The minimum absolute atomic E-state index is 0.0871. The summed E-state index contributed by atoms with van der Waals surface area (Å²) in [6.45, 7) is 4.47. The quantitative estimate of drug-likeness (QED) is 0.673. The van der Waals surface area contributed by atoms with Gasteiger partial charge in [0.25, 0.3) is 0 Å². The fourth-order valence-corrected chi connectivity index (χ4v) is 1.79. The molecule has 0 saturated carbocycles. The van der Waals surface area contributed by atoms with Crippen LogP contribution in [0.4, 0.5) is 11.6 Å². The summed E-state index contributed by atoms with van der Waals surface area (Å²) in [5.74, 6) is 0.395. The van der Waals surface area contributed by atoms with E-state index in [1.54, 1.807) is 0 Å². The van der Waals surface area contributed by atoms with Crippen molar-refractivity contribution in [1.82, 2.24) is 9.97 Å². The van der Waals surface area contributed by atoms with Crippen LogP contribution in [0.15, 0.2) is 30.5 Å². The minimum Gasteiger partial charge on any atom is -0.354 e. The van der Waals surface area contributed by atoms with Crippen LogP contribution in [0.2, 0.25) is 0 Å². The van der Waals surface area contributed by atoms with E-state index < -0.39 is 4.92 Å². The molecule has 0 amide bonds. The maximum absolute atomic E-state index is 11.1. The summed E-state index contributed by atoms with van der Waals surface area (Å²) in [5.41, 5.74) is 1.94. The van der Waals surface area contributed by atoms with Crippen LogP contribution in [0.1, 0.15) is 12.5 Å². The van der Waals surface area contributed by atoms with E-state index in [2.05, 4.69) is 15.3 Å². The van der Waals surface area contributed by atoms with Gasteiger partial charge in [0.05, 0.1) is 4.92 Å². The van der Waals surface area contributed by atoms with E-state index in [1.807, 2.05) is 38.1 Å². The highest BCUT2D eigenvalue weighted by atomic mass is 16.6. The van der Waals surface area contributed by atoms with Gasteiger partial charge in [-0.15, -0.1) is 0 Å². The van der Waals surface area contributed by atoms with Crippen LogP contribution in [-0.4, -0.2) is 21.4 Å². The third kappa shape index (κ3) is 2.67.